The van der Waals surface area contributed by atoms with Gasteiger partial charge in [-0.15, -0.1) is 0 Å². The van der Waals surface area contributed by atoms with Crippen molar-refractivity contribution in [2.45, 2.75) is 26.2 Å². The molecule has 0 bridgehead atoms. The van der Waals surface area contributed by atoms with Crippen LogP contribution in [0.3, 0.4) is 0 Å². The third-order valence-electron chi connectivity index (χ3n) is 2.09. The van der Waals surface area contributed by atoms with Crippen LogP contribution in [0, 0.1) is 18.3 Å². The lowest BCUT2D eigenvalue weighted by molar-refractivity contribution is 0.817. The molecule has 13 heavy (non-hydrogen) atoms. The Morgan fingerprint density at radius 1 is 1.54 bits per heavy atom. The fraction of sp³-hybridized carbons (Fsp3) is 0.364. The normalized spacial score (nSPS) is 12.2. The molecule has 0 radical (unpaired) electrons. The smallest absolute Gasteiger partial charge is 0.0724 e. The predicted octanol–water partition coefficient (Wildman–Crippen LogP) is 3.67. The van der Waals surface area contributed by atoms with E-state index in [2.05, 4.69) is 6.07 Å². The molecular formula is C11H12ClN. The molecule has 0 aliphatic rings. The van der Waals surface area contributed by atoms with Gasteiger partial charge >= 0.3 is 0 Å². The van der Waals surface area contributed by atoms with Gasteiger partial charge in [-0.2, -0.15) is 5.26 Å². The first-order valence-electron chi connectivity index (χ1n) is 4.34. The monoisotopic (exact) mass is 193 g/mol. The van der Waals surface area contributed by atoms with Gasteiger partial charge in [0.15, 0.2) is 0 Å². The lowest BCUT2D eigenvalue weighted by Crippen LogP contribution is -1.95. The Bertz CT molecular complexity index is 338. The first-order chi connectivity index (χ1) is 6.19. The number of aryl methyl sites for hydroxylation is 1. The van der Waals surface area contributed by atoms with Crippen molar-refractivity contribution in [1.29, 1.82) is 5.26 Å². The topological polar surface area (TPSA) is 23.8 Å². The largest absolute Gasteiger partial charge is 0.198 e. The van der Waals surface area contributed by atoms with E-state index in [-0.39, 0.29) is 5.92 Å². The zero-order valence-corrected chi connectivity index (χ0v) is 8.60. The maximum Gasteiger partial charge on any atom is 0.0724 e. The molecule has 1 unspecified atom stereocenters. The van der Waals surface area contributed by atoms with Crippen molar-refractivity contribution in [2.75, 3.05) is 0 Å². The first kappa shape index (κ1) is 10.1. The Labute approximate surface area is 84.0 Å². The van der Waals surface area contributed by atoms with Crippen LogP contribution < -0.4 is 0 Å². The molecule has 1 atom stereocenters. The fourth-order valence-electron chi connectivity index (χ4n) is 1.31. The van der Waals surface area contributed by atoms with Gasteiger partial charge in [0.1, 0.15) is 0 Å². The maximum atomic E-state index is 8.89. The predicted molar refractivity (Wildman–Crippen MR) is 54.8 cm³/mol. The summed E-state index contributed by atoms with van der Waals surface area (Å²) < 4.78 is 0. The number of nitriles is 1. The third kappa shape index (κ3) is 2.23. The summed E-state index contributed by atoms with van der Waals surface area (Å²) >= 11 is 6.00. The highest BCUT2D eigenvalue weighted by molar-refractivity contribution is 6.31. The van der Waals surface area contributed by atoms with Gasteiger partial charge < -0.3 is 0 Å². The van der Waals surface area contributed by atoms with E-state index >= 15 is 0 Å². The van der Waals surface area contributed by atoms with E-state index in [4.69, 9.17) is 16.9 Å². The standard InChI is InChI=1S/C11H12ClN/c1-3-9(7-13)10-6-8(2)4-5-11(10)12/h4-6,9H,3H2,1-2H3. The zero-order chi connectivity index (χ0) is 9.84. The number of hydrogen-bond acceptors (Lipinski definition) is 1. The van der Waals surface area contributed by atoms with Gasteiger partial charge in [0.05, 0.1) is 12.0 Å². The average molecular weight is 194 g/mol. The molecule has 0 saturated heterocycles. The SMILES string of the molecule is CCC(C#N)c1cc(C)ccc1Cl. The van der Waals surface area contributed by atoms with Crippen LogP contribution in [-0.4, -0.2) is 0 Å². The number of hydrogen-bond donors (Lipinski definition) is 0. The molecule has 0 spiro atoms. The van der Waals surface area contributed by atoms with Crippen LogP contribution in [0.4, 0.5) is 0 Å². The lowest BCUT2D eigenvalue weighted by atomic mass is 9.96. The summed E-state index contributed by atoms with van der Waals surface area (Å²) in [4.78, 5) is 0. The molecule has 1 aromatic rings. The van der Waals surface area contributed by atoms with Crippen LogP contribution in [0.25, 0.3) is 0 Å². The Hall–Kier alpha value is -1.00. The fourth-order valence-corrected chi connectivity index (χ4v) is 1.56. The molecule has 0 aliphatic carbocycles. The molecule has 1 aromatic carbocycles. The van der Waals surface area contributed by atoms with Crippen molar-refractivity contribution >= 4 is 11.6 Å². The van der Waals surface area contributed by atoms with E-state index in [1.807, 2.05) is 32.0 Å². The maximum absolute atomic E-state index is 8.89. The Balaban J connectivity index is 3.13. The number of benzene rings is 1. The van der Waals surface area contributed by atoms with E-state index in [0.717, 1.165) is 17.5 Å². The van der Waals surface area contributed by atoms with Crippen molar-refractivity contribution in [3.8, 4) is 6.07 Å². The van der Waals surface area contributed by atoms with Gasteiger partial charge in [-0.1, -0.05) is 36.2 Å². The number of halogens is 1. The number of nitrogens with zero attached hydrogens (tertiary/aromatic N) is 1. The summed E-state index contributed by atoms with van der Waals surface area (Å²) in [5.41, 5.74) is 2.10. The molecule has 0 saturated carbocycles. The molecule has 0 fully saturated rings. The van der Waals surface area contributed by atoms with E-state index < -0.39 is 0 Å². The number of rotatable bonds is 2. The van der Waals surface area contributed by atoms with Gasteiger partial charge in [-0.25, -0.2) is 0 Å². The van der Waals surface area contributed by atoms with Gasteiger partial charge in [0, 0.05) is 5.02 Å². The summed E-state index contributed by atoms with van der Waals surface area (Å²) in [5, 5.41) is 9.58. The summed E-state index contributed by atoms with van der Waals surface area (Å²) in [5.74, 6) is -0.0765. The molecule has 1 nitrogen and oxygen atoms in total. The van der Waals surface area contributed by atoms with Gasteiger partial charge in [0.25, 0.3) is 0 Å². The highest BCUT2D eigenvalue weighted by Gasteiger charge is 2.11. The van der Waals surface area contributed by atoms with E-state index in [1.54, 1.807) is 0 Å². The van der Waals surface area contributed by atoms with Crippen molar-refractivity contribution in [2.24, 2.45) is 0 Å². The summed E-state index contributed by atoms with van der Waals surface area (Å²) in [6.45, 7) is 4.00. The van der Waals surface area contributed by atoms with Crippen LogP contribution in [-0.2, 0) is 0 Å². The van der Waals surface area contributed by atoms with Gasteiger partial charge in [-0.05, 0) is 25.0 Å². The first-order valence-corrected chi connectivity index (χ1v) is 4.72. The highest BCUT2D eigenvalue weighted by atomic mass is 35.5. The molecule has 0 aliphatic heterocycles. The second kappa shape index (κ2) is 4.30. The quantitative estimate of drug-likeness (QED) is 0.703. The minimum Gasteiger partial charge on any atom is -0.198 e. The van der Waals surface area contributed by atoms with Crippen molar-refractivity contribution < 1.29 is 0 Å². The van der Waals surface area contributed by atoms with Crippen LogP contribution in [0.15, 0.2) is 18.2 Å². The van der Waals surface area contributed by atoms with Crippen LogP contribution in [0.2, 0.25) is 5.02 Å². The van der Waals surface area contributed by atoms with E-state index in [1.165, 1.54) is 0 Å². The second-order valence-corrected chi connectivity index (χ2v) is 3.52. The third-order valence-corrected chi connectivity index (χ3v) is 2.44. The summed E-state index contributed by atoms with van der Waals surface area (Å²) in [6.07, 6.45) is 0.805. The van der Waals surface area contributed by atoms with E-state index in [9.17, 15) is 0 Å². The second-order valence-electron chi connectivity index (χ2n) is 3.11. The minimum absolute atomic E-state index is 0.0765. The molecule has 0 heterocycles. The van der Waals surface area contributed by atoms with Crippen LogP contribution >= 0.6 is 11.6 Å². The van der Waals surface area contributed by atoms with Crippen molar-refractivity contribution in [3.05, 3.63) is 34.3 Å². The zero-order valence-electron chi connectivity index (χ0n) is 7.84. The average Bonchev–Trinajstić information content (AvgIpc) is 2.13. The highest BCUT2D eigenvalue weighted by Crippen LogP contribution is 2.27. The van der Waals surface area contributed by atoms with Gasteiger partial charge in [-0.3, -0.25) is 0 Å². The lowest BCUT2D eigenvalue weighted by Gasteiger charge is -2.09. The molecular weight excluding hydrogens is 182 g/mol. The molecule has 0 aromatic heterocycles. The van der Waals surface area contributed by atoms with Crippen LogP contribution in [0.5, 0.6) is 0 Å². The minimum atomic E-state index is -0.0765. The summed E-state index contributed by atoms with van der Waals surface area (Å²) in [7, 11) is 0. The molecule has 2 heteroatoms. The van der Waals surface area contributed by atoms with E-state index in [0.29, 0.717) is 5.02 Å². The van der Waals surface area contributed by atoms with Crippen LogP contribution in [0.1, 0.15) is 30.4 Å². The summed E-state index contributed by atoms with van der Waals surface area (Å²) in [6, 6.07) is 8.05. The van der Waals surface area contributed by atoms with Crippen molar-refractivity contribution in [1.82, 2.24) is 0 Å². The molecule has 1 rings (SSSR count). The van der Waals surface area contributed by atoms with Crippen molar-refractivity contribution in [3.63, 3.8) is 0 Å². The molecule has 68 valence electrons. The Morgan fingerprint density at radius 2 is 2.23 bits per heavy atom. The Kier molecular flexibility index (Phi) is 3.33. The molecule has 0 amide bonds. The molecule has 0 N–H and O–H groups in total. The Morgan fingerprint density at radius 3 is 2.77 bits per heavy atom. The van der Waals surface area contributed by atoms with Gasteiger partial charge in [0.2, 0.25) is 0 Å².